The maximum absolute atomic E-state index is 12.5. The van der Waals surface area contributed by atoms with Gasteiger partial charge in [-0.1, -0.05) is 51.1 Å². The zero-order chi connectivity index (χ0) is 18.3. The number of aliphatic hydroxyl groups is 1. The van der Waals surface area contributed by atoms with E-state index in [-0.39, 0.29) is 30.5 Å². The molecule has 0 saturated carbocycles. The molecule has 0 saturated heterocycles. The molecule has 0 aromatic heterocycles. The number of ether oxygens (including phenoxy) is 2. The summed E-state index contributed by atoms with van der Waals surface area (Å²) in [6.45, 7) is 12.0. The molecule has 1 N–H and O–H groups in total. The molecule has 0 spiro atoms. The van der Waals surface area contributed by atoms with Crippen LogP contribution in [0.25, 0.3) is 0 Å². The van der Waals surface area contributed by atoms with Gasteiger partial charge in [0.15, 0.2) is 0 Å². The Hall–Kier alpha value is -1.39. The predicted molar refractivity (Wildman–Crippen MR) is 95.6 cm³/mol. The molecule has 136 valence electrons. The van der Waals surface area contributed by atoms with Gasteiger partial charge in [-0.25, -0.2) is 0 Å². The monoisotopic (exact) mass is 336 g/mol. The van der Waals surface area contributed by atoms with E-state index in [1.807, 2.05) is 51.1 Å². The third-order valence-electron chi connectivity index (χ3n) is 4.36. The molecule has 0 radical (unpaired) electrons. The number of carbonyl (C=O) groups is 1. The molecule has 0 fully saturated rings. The van der Waals surface area contributed by atoms with Gasteiger partial charge in [-0.3, -0.25) is 4.79 Å². The van der Waals surface area contributed by atoms with Crippen molar-refractivity contribution in [3.63, 3.8) is 0 Å². The Morgan fingerprint density at radius 2 is 1.75 bits per heavy atom. The molecular formula is C20H32O4. The van der Waals surface area contributed by atoms with Gasteiger partial charge in [0.2, 0.25) is 0 Å². The number of hydrogen-bond acceptors (Lipinski definition) is 4. The summed E-state index contributed by atoms with van der Waals surface area (Å²) in [4.78, 5) is 12.5. The number of aliphatic hydroxyl groups excluding tert-OH is 1. The fraction of sp³-hybridized carbons (Fsp3) is 0.650. The van der Waals surface area contributed by atoms with Crippen LogP contribution in [0.15, 0.2) is 30.3 Å². The zero-order valence-electron chi connectivity index (χ0n) is 15.8. The highest BCUT2D eigenvalue weighted by molar-refractivity contribution is 5.77. The maximum atomic E-state index is 12.5. The van der Waals surface area contributed by atoms with Crippen molar-refractivity contribution >= 4 is 5.97 Å². The highest BCUT2D eigenvalue weighted by Crippen LogP contribution is 2.40. The molecule has 0 bridgehead atoms. The summed E-state index contributed by atoms with van der Waals surface area (Å²) >= 11 is 0. The number of esters is 1. The van der Waals surface area contributed by atoms with Gasteiger partial charge in [-0.15, -0.1) is 0 Å². The van der Waals surface area contributed by atoms with Crippen LogP contribution < -0.4 is 0 Å². The Kier molecular flexibility index (Phi) is 7.91. The summed E-state index contributed by atoms with van der Waals surface area (Å²) in [7, 11) is 0. The van der Waals surface area contributed by atoms with Gasteiger partial charge < -0.3 is 14.6 Å². The molecule has 0 aliphatic carbocycles. The van der Waals surface area contributed by atoms with E-state index in [1.165, 1.54) is 0 Å². The van der Waals surface area contributed by atoms with Crippen molar-refractivity contribution in [1.82, 2.24) is 0 Å². The van der Waals surface area contributed by atoms with E-state index in [1.54, 1.807) is 6.92 Å². The second kappa shape index (κ2) is 9.19. The van der Waals surface area contributed by atoms with Crippen molar-refractivity contribution in [1.29, 1.82) is 0 Å². The van der Waals surface area contributed by atoms with E-state index in [9.17, 15) is 9.90 Å². The van der Waals surface area contributed by atoms with Gasteiger partial charge >= 0.3 is 5.97 Å². The SMILES string of the molecule is CCOC(=O)C(C)(C)[C@@H](O[C@H](C(C)C)[C@H](C)CO)c1ccccc1. The standard InChI is InChI=1S/C20H32O4/c1-7-23-19(22)20(5,6)18(16-11-9-8-10-12-16)24-17(14(2)3)15(4)13-21/h8-12,14-15,17-18,21H,7,13H2,1-6H3/t15-,17-,18+/m1/s1. The Balaban J connectivity index is 3.21. The van der Waals surface area contributed by atoms with Gasteiger partial charge in [-0.05, 0) is 32.3 Å². The van der Waals surface area contributed by atoms with Crippen molar-refractivity contribution in [3.8, 4) is 0 Å². The summed E-state index contributed by atoms with van der Waals surface area (Å²) in [6, 6.07) is 9.74. The minimum absolute atomic E-state index is 0.0193. The van der Waals surface area contributed by atoms with Gasteiger partial charge in [0.05, 0.1) is 24.2 Å². The van der Waals surface area contributed by atoms with Gasteiger partial charge in [-0.2, -0.15) is 0 Å². The van der Waals surface area contributed by atoms with Crippen LogP contribution in [-0.2, 0) is 14.3 Å². The molecule has 1 aromatic rings. The molecule has 1 rings (SSSR count). The lowest BCUT2D eigenvalue weighted by molar-refractivity contribution is -0.173. The topological polar surface area (TPSA) is 55.8 Å². The maximum Gasteiger partial charge on any atom is 0.314 e. The van der Waals surface area contributed by atoms with E-state index in [0.717, 1.165) is 5.56 Å². The smallest absolute Gasteiger partial charge is 0.314 e. The number of rotatable bonds is 9. The lowest BCUT2D eigenvalue weighted by Crippen LogP contribution is -2.40. The van der Waals surface area contributed by atoms with Crippen LogP contribution in [0, 0.1) is 17.3 Å². The zero-order valence-corrected chi connectivity index (χ0v) is 15.8. The fourth-order valence-electron chi connectivity index (χ4n) is 2.93. The summed E-state index contributed by atoms with van der Waals surface area (Å²) in [5, 5.41) is 9.56. The van der Waals surface area contributed by atoms with Crippen molar-refractivity contribution in [2.24, 2.45) is 17.3 Å². The van der Waals surface area contributed by atoms with E-state index >= 15 is 0 Å². The van der Waals surface area contributed by atoms with Crippen molar-refractivity contribution in [2.45, 2.75) is 53.8 Å². The van der Waals surface area contributed by atoms with E-state index in [0.29, 0.717) is 6.61 Å². The summed E-state index contributed by atoms with van der Waals surface area (Å²) < 4.78 is 11.7. The molecule has 1 aromatic carbocycles. The average Bonchev–Trinajstić information content (AvgIpc) is 2.55. The fourth-order valence-corrected chi connectivity index (χ4v) is 2.93. The first kappa shape index (κ1) is 20.7. The molecule has 0 unspecified atom stereocenters. The number of carbonyl (C=O) groups excluding carboxylic acids is 1. The second-order valence-corrected chi connectivity index (χ2v) is 7.24. The van der Waals surface area contributed by atoms with Crippen molar-refractivity contribution < 1.29 is 19.4 Å². The largest absolute Gasteiger partial charge is 0.465 e. The van der Waals surface area contributed by atoms with Gasteiger partial charge in [0, 0.05) is 12.5 Å². The van der Waals surface area contributed by atoms with Crippen molar-refractivity contribution in [2.75, 3.05) is 13.2 Å². The first-order valence-corrected chi connectivity index (χ1v) is 8.74. The molecule has 4 nitrogen and oxygen atoms in total. The van der Waals surface area contributed by atoms with Gasteiger partial charge in [0.25, 0.3) is 0 Å². The lowest BCUT2D eigenvalue weighted by atomic mass is 9.81. The van der Waals surface area contributed by atoms with Crippen LogP contribution in [0.4, 0.5) is 0 Å². The molecule has 24 heavy (non-hydrogen) atoms. The Morgan fingerprint density at radius 3 is 2.21 bits per heavy atom. The van der Waals surface area contributed by atoms with Crippen LogP contribution in [0.2, 0.25) is 0 Å². The van der Waals surface area contributed by atoms with Gasteiger partial charge in [0.1, 0.15) is 0 Å². The van der Waals surface area contributed by atoms with Crippen LogP contribution in [-0.4, -0.2) is 30.4 Å². The lowest BCUT2D eigenvalue weighted by Gasteiger charge is -2.38. The number of hydrogen-bond donors (Lipinski definition) is 1. The molecule has 0 aliphatic rings. The summed E-state index contributed by atoms with van der Waals surface area (Å²) in [6.07, 6.45) is -0.604. The third-order valence-corrected chi connectivity index (χ3v) is 4.36. The van der Waals surface area contributed by atoms with E-state index in [4.69, 9.17) is 9.47 Å². The summed E-state index contributed by atoms with van der Waals surface area (Å²) in [5.74, 6) is -0.0800. The van der Waals surface area contributed by atoms with E-state index in [2.05, 4.69) is 13.8 Å². The Bertz CT molecular complexity index is 496. The summed E-state index contributed by atoms with van der Waals surface area (Å²) in [5.41, 5.74) is 0.103. The normalized spacial score (nSPS) is 15.8. The minimum Gasteiger partial charge on any atom is -0.465 e. The number of benzene rings is 1. The first-order valence-electron chi connectivity index (χ1n) is 8.74. The molecule has 3 atom stereocenters. The molecule has 0 heterocycles. The van der Waals surface area contributed by atoms with E-state index < -0.39 is 11.5 Å². The second-order valence-electron chi connectivity index (χ2n) is 7.24. The van der Waals surface area contributed by atoms with Crippen molar-refractivity contribution in [3.05, 3.63) is 35.9 Å². The predicted octanol–water partition coefficient (Wildman–Crippen LogP) is 3.99. The highest BCUT2D eigenvalue weighted by Gasteiger charge is 2.42. The highest BCUT2D eigenvalue weighted by atomic mass is 16.5. The third kappa shape index (κ3) is 5.05. The van der Waals surface area contributed by atoms with Crippen LogP contribution in [0.5, 0.6) is 0 Å². The van der Waals surface area contributed by atoms with Crippen LogP contribution in [0.3, 0.4) is 0 Å². The average molecular weight is 336 g/mol. The quantitative estimate of drug-likeness (QED) is 0.693. The Labute approximate surface area is 146 Å². The first-order chi connectivity index (χ1) is 11.3. The minimum atomic E-state index is -0.834. The molecule has 0 aliphatic heterocycles. The molecular weight excluding hydrogens is 304 g/mol. The van der Waals surface area contributed by atoms with Crippen LogP contribution >= 0.6 is 0 Å². The molecule has 4 heteroatoms. The molecule has 0 amide bonds. The Morgan fingerprint density at radius 1 is 1.17 bits per heavy atom. The van der Waals surface area contributed by atoms with Crippen LogP contribution in [0.1, 0.15) is 53.2 Å².